The summed E-state index contributed by atoms with van der Waals surface area (Å²) >= 11 is 0. The Morgan fingerprint density at radius 2 is 1.72 bits per heavy atom. The number of ether oxygens (including phenoxy) is 2. The maximum absolute atomic E-state index is 10.3. The maximum atomic E-state index is 10.3. The highest BCUT2D eigenvalue weighted by Crippen LogP contribution is 2.34. The predicted octanol–water partition coefficient (Wildman–Crippen LogP) is 5.39. The van der Waals surface area contributed by atoms with Gasteiger partial charge in [-0.1, -0.05) is 25.1 Å². The molecule has 0 radical (unpaired) electrons. The highest BCUT2D eigenvalue weighted by atomic mass is 16.5. The van der Waals surface area contributed by atoms with Crippen molar-refractivity contribution in [2.45, 2.75) is 13.3 Å². The number of methoxy groups -OCH3 is 2. The Morgan fingerprint density at radius 3 is 2.44 bits per heavy atom. The minimum atomic E-state index is 0.120. The Morgan fingerprint density at radius 1 is 1.00 bits per heavy atom. The fourth-order valence-electron chi connectivity index (χ4n) is 2.77. The van der Waals surface area contributed by atoms with E-state index in [-0.39, 0.29) is 5.75 Å². The first kappa shape index (κ1) is 16.8. The normalized spacial score (nSPS) is 11.6. The molecule has 4 heteroatoms. The summed E-state index contributed by atoms with van der Waals surface area (Å²) in [6, 6.07) is 15.1. The molecule has 0 saturated carbocycles. The third-order valence-corrected chi connectivity index (χ3v) is 4.13. The Hall–Kier alpha value is -3.01. The number of fused-ring (bicyclic) bond motifs is 1. The molecule has 0 saturated heterocycles. The second-order valence-corrected chi connectivity index (χ2v) is 5.60. The molecule has 1 heterocycles. The largest absolute Gasteiger partial charge is 0.504 e. The van der Waals surface area contributed by atoms with E-state index in [1.54, 1.807) is 13.2 Å². The molecule has 1 N–H and O–H groups in total. The van der Waals surface area contributed by atoms with Crippen LogP contribution in [0.4, 0.5) is 0 Å². The van der Waals surface area contributed by atoms with Crippen molar-refractivity contribution in [1.82, 2.24) is 0 Å². The number of hydrogen-bond donors (Lipinski definition) is 1. The summed E-state index contributed by atoms with van der Waals surface area (Å²) in [5.41, 5.74) is 2.36. The quantitative estimate of drug-likeness (QED) is 0.634. The van der Waals surface area contributed by atoms with Crippen LogP contribution in [0.3, 0.4) is 0 Å². The summed E-state index contributed by atoms with van der Waals surface area (Å²) in [6.07, 6.45) is 2.67. The highest BCUT2D eigenvalue weighted by Gasteiger charge is 2.20. The van der Waals surface area contributed by atoms with E-state index in [0.717, 1.165) is 23.1 Å². The molecule has 1 aromatic heterocycles. The van der Waals surface area contributed by atoms with E-state index in [1.165, 1.54) is 7.11 Å². The highest BCUT2D eigenvalue weighted by molar-refractivity contribution is 5.86. The summed E-state index contributed by atoms with van der Waals surface area (Å²) in [6.45, 7) is 2.05. The van der Waals surface area contributed by atoms with Gasteiger partial charge < -0.3 is 14.6 Å². The van der Waals surface area contributed by atoms with Crippen molar-refractivity contribution in [1.29, 1.82) is 0 Å². The number of aromatic hydroxyl groups is 1. The average molecular weight is 337 g/mol. The summed E-state index contributed by atoms with van der Waals surface area (Å²) in [5, 5.41) is 11.3. The molecule has 25 heavy (non-hydrogen) atoms. The van der Waals surface area contributed by atoms with Crippen molar-refractivity contribution in [3.8, 4) is 17.2 Å². The fourth-order valence-corrected chi connectivity index (χ4v) is 2.77. The Labute approximate surface area is 146 Å². The van der Waals surface area contributed by atoms with Crippen LogP contribution < -0.4 is 9.47 Å². The van der Waals surface area contributed by atoms with Crippen LogP contribution in [0.1, 0.15) is 24.7 Å². The minimum absolute atomic E-state index is 0.120. The van der Waals surface area contributed by atoms with E-state index in [2.05, 4.69) is 0 Å². The van der Waals surface area contributed by atoms with E-state index in [4.69, 9.17) is 13.9 Å². The molecule has 0 aliphatic heterocycles. The molecule has 0 fully saturated rings. The van der Waals surface area contributed by atoms with Gasteiger partial charge in [-0.05, 0) is 36.8 Å². The lowest BCUT2D eigenvalue weighted by atomic mass is 10.0. The zero-order valence-electron chi connectivity index (χ0n) is 14.6. The van der Waals surface area contributed by atoms with Gasteiger partial charge in [0.25, 0.3) is 0 Å². The van der Waals surface area contributed by atoms with Crippen LogP contribution in [0.5, 0.6) is 17.2 Å². The fraction of sp³-hybridized carbons (Fsp3) is 0.190. The van der Waals surface area contributed by atoms with Crippen LogP contribution in [0.2, 0.25) is 0 Å². The van der Waals surface area contributed by atoms with Crippen LogP contribution >= 0.6 is 0 Å². The molecule has 0 aliphatic carbocycles. The van der Waals surface area contributed by atoms with E-state index < -0.39 is 0 Å². The summed E-state index contributed by atoms with van der Waals surface area (Å²) < 4.78 is 16.7. The Kier molecular flexibility index (Phi) is 4.89. The molecule has 0 atom stereocenters. The number of allylic oxidation sites excluding steroid dienone is 1. The molecule has 0 aliphatic rings. The Bertz CT molecular complexity index is 928. The zero-order valence-corrected chi connectivity index (χ0v) is 14.6. The second-order valence-electron chi connectivity index (χ2n) is 5.60. The third-order valence-electron chi connectivity index (χ3n) is 4.13. The van der Waals surface area contributed by atoms with Gasteiger partial charge in [-0.25, -0.2) is 4.42 Å². The van der Waals surface area contributed by atoms with Crippen molar-refractivity contribution in [3.63, 3.8) is 0 Å². The van der Waals surface area contributed by atoms with E-state index in [9.17, 15) is 5.11 Å². The van der Waals surface area contributed by atoms with E-state index in [1.807, 2.05) is 55.5 Å². The first-order chi connectivity index (χ1) is 12.2. The van der Waals surface area contributed by atoms with Gasteiger partial charge in [0.05, 0.1) is 25.2 Å². The molecule has 2 aromatic carbocycles. The van der Waals surface area contributed by atoms with Crippen LogP contribution in [0.15, 0.2) is 52.9 Å². The number of para-hydroxylation sites is 2. The first-order valence-corrected chi connectivity index (χ1v) is 8.14. The van der Waals surface area contributed by atoms with Crippen LogP contribution in [0.25, 0.3) is 22.6 Å². The van der Waals surface area contributed by atoms with Gasteiger partial charge in [0.15, 0.2) is 11.5 Å². The first-order valence-electron chi connectivity index (χ1n) is 8.14. The van der Waals surface area contributed by atoms with Gasteiger partial charge in [-0.2, -0.15) is 0 Å². The SMILES string of the molecule is CC/C(=C/c1cccc(OC)c1O)c1ccc2cccc(OC)c2[o+]1. The molecule has 0 amide bonds. The Balaban J connectivity index is 2.11. The van der Waals surface area contributed by atoms with Crippen molar-refractivity contribution >= 4 is 22.6 Å². The standard InChI is InChI=1S/C21H20O4/c1-4-14(13-16-8-6-9-18(23-2)20(16)22)17-12-11-15-7-5-10-19(24-3)21(15)25-17/h5-13H,4H2,1-3H3/p+1/b14-13-. The number of phenols is 1. The molecule has 0 spiro atoms. The lowest BCUT2D eigenvalue weighted by Crippen LogP contribution is -1.89. The van der Waals surface area contributed by atoms with Gasteiger partial charge >= 0.3 is 11.3 Å². The van der Waals surface area contributed by atoms with Crippen molar-refractivity contribution in [3.05, 3.63) is 59.9 Å². The number of phenolic OH excluding ortho intramolecular Hbond substituents is 1. The van der Waals surface area contributed by atoms with Crippen LogP contribution in [-0.4, -0.2) is 19.3 Å². The molecule has 128 valence electrons. The summed E-state index contributed by atoms with van der Waals surface area (Å²) in [7, 11) is 3.16. The molecule has 3 rings (SSSR count). The van der Waals surface area contributed by atoms with Crippen LogP contribution in [-0.2, 0) is 0 Å². The van der Waals surface area contributed by atoms with Gasteiger partial charge in [0.1, 0.15) is 0 Å². The molecule has 0 unspecified atom stereocenters. The van der Waals surface area contributed by atoms with Crippen LogP contribution in [0, 0.1) is 0 Å². The predicted molar refractivity (Wildman–Crippen MR) is 100.0 cm³/mol. The molecular formula is C21H21O4+. The molecule has 3 aromatic rings. The minimum Gasteiger partial charge on any atom is -0.504 e. The number of benzene rings is 2. The maximum Gasteiger partial charge on any atom is 0.402 e. The van der Waals surface area contributed by atoms with E-state index in [0.29, 0.717) is 22.6 Å². The third kappa shape index (κ3) is 3.29. The zero-order chi connectivity index (χ0) is 17.8. The summed E-state index contributed by atoms with van der Waals surface area (Å²) in [5.74, 6) is 2.00. The van der Waals surface area contributed by atoms with Crippen molar-refractivity contribution < 1.29 is 19.0 Å². The molecular weight excluding hydrogens is 316 g/mol. The van der Waals surface area contributed by atoms with Gasteiger partial charge in [-0.15, -0.1) is 0 Å². The molecule has 0 bridgehead atoms. The molecule has 4 nitrogen and oxygen atoms in total. The topological polar surface area (TPSA) is 50.0 Å². The summed E-state index contributed by atoms with van der Waals surface area (Å²) in [4.78, 5) is 0. The lowest BCUT2D eigenvalue weighted by molar-refractivity contribution is 0.373. The average Bonchev–Trinajstić information content (AvgIpc) is 2.66. The number of hydrogen-bond acceptors (Lipinski definition) is 3. The van der Waals surface area contributed by atoms with Crippen molar-refractivity contribution in [2.75, 3.05) is 14.2 Å². The number of rotatable bonds is 5. The van der Waals surface area contributed by atoms with Gasteiger partial charge in [0, 0.05) is 11.6 Å². The van der Waals surface area contributed by atoms with Gasteiger partial charge in [0.2, 0.25) is 5.75 Å². The second kappa shape index (κ2) is 7.26. The monoisotopic (exact) mass is 337 g/mol. The lowest BCUT2D eigenvalue weighted by Gasteiger charge is -2.06. The van der Waals surface area contributed by atoms with Crippen molar-refractivity contribution in [2.24, 2.45) is 0 Å². The smallest absolute Gasteiger partial charge is 0.402 e. The van der Waals surface area contributed by atoms with Gasteiger partial charge in [-0.3, -0.25) is 0 Å². The van der Waals surface area contributed by atoms with E-state index >= 15 is 0 Å².